The van der Waals surface area contributed by atoms with Crippen molar-refractivity contribution in [2.45, 2.75) is 31.5 Å². The van der Waals surface area contributed by atoms with E-state index >= 15 is 0 Å². The zero-order chi connectivity index (χ0) is 19.7. The van der Waals surface area contributed by atoms with Gasteiger partial charge >= 0.3 is 5.97 Å². The zero-order valence-corrected chi connectivity index (χ0v) is 14.7. The minimum atomic E-state index is -1.36. The van der Waals surface area contributed by atoms with Gasteiger partial charge in [-0.3, -0.25) is 4.57 Å². The van der Waals surface area contributed by atoms with E-state index in [2.05, 4.69) is 15.0 Å². The van der Waals surface area contributed by atoms with E-state index in [1.165, 1.54) is 10.9 Å². The van der Waals surface area contributed by atoms with E-state index in [0.717, 1.165) is 5.56 Å². The van der Waals surface area contributed by atoms with E-state index in [4.69, 9.17) is 15.2 Å². The van der Waals surface area contributed by atoms with Crippen LogP contribution in [0.4, 0.5) is 10.2 Å². The molecule has 1 aliphatic heterocycles. The van der Waals surface area contributed by atoms with Crippen LogP contribution < -0.4 is 5.73 Å². The molecule has 0 aliphatic carbocycles. The molecule has 3 heterocycles. The fourth-order valence-corrected chi connectivity index (χ4v) is 3.07. The Labute approximate surface area is 158 Å². The van der Waals surface area contributed by atoms with E-state index < -0.39 is 24.5 Å². The van der Waals surface area contributed by atoms with Gasteiger partial charge in [0.05, 0.1) is 19.0 Å². The number of carbonyl (C=O) groups is 1. The Bertz CT molecular complexity index is 996. The number of nitrogen functional groups attached to an aromatic ring is 1. The third-order valence-corrected chi connectivity index (χ3v) is 4.45. The van der Waals surface area contributed by atoms with Crippen LogP contribution >= 0.6 is 0 Å². The summed E-state index contributed by atoms with van der Waals surface area (Å²) in [5.41, 5.74) is 7.09. The summed E-state index contributed by atoms with van der Waals surface area (Å²) in [6.45, 7) is -0.242. The molecule has 3 aromatic rings. The molecule has 146 valence electrons. The number of alkyl halides is 1. The molecule has 0 unspecified atom stereocenters. The third kappa shape index (κ3) is 3.39. The second kappa shape index (κ2) is 7.49. The minimum Gasteiger partial charge on any atom is -0.455 e. The van der Waals surface area contributed by atoms with Crippen LogP contribution in [0, 0.1) is 0 Å². The predicted octanol–water partition coefficient (Wildman–Crippen LogP) is 1.38. The maximum atomic E-state index is 14.3. The summed E-state index contributed by atoms with van der Waals surface area (Å²) in [6.07, 6.45) is -1.63. The number of fused-ring (bicyclic) bond motifs is 1. The van der Waals surface area contributed by atoms with Gasteiger partial charge in [0, 0.05) is 6.42 Å². The summed E-state index contributed by atoms with van der Waals surface area (Å²) < 4.78 is 26.4. The molecule has 9 nitrogen and oxygen atoms in total. The van der Waals surface area contributed by atoms with Crippen LogP contribution in [0.25, 0.3) is 11.2 Å². The lowest BCUT2D eigenvalue weighted by molar-refractivity contribution is -0.0351. The number of benzene rings is 1. The van der Waals surface area contributed by atoms with E-state index in [1.807, 2.05) is 30.3 Å². The molecular weight excluding hydrogens is 369 g/mol. The van der Waals surface area contributed by atoms with E-state index in [1.54, 1.807) is 0 Å². The average Bonchev–Trinajstić information content (AvgIpc) is 3.30. The monoisotopic (exact) mass is 387 g/mol. The number of nitrogens with two attached hydrogens (primary N) is 1. The number of nitrogens with zero attached hydrogens (tertiary/aromatic N) is 4. The highest BCUT2D eigenvalue weighted by atomic mass is 19.1. The lowest BCUT2D eigenvalue weighted by Gasteiger charge is -2.15. The second-order valence-corrected chi connectivity index (χ2v) is 6.40. The van der Waals surface area contributed by atoms with Gasteiger partial charge in [-0.25, -0.2) is 24.1 Å². The number of rotatable bonds is 5. The quantitative estimate of drug-likeness (QED) is 0.629. The molecule has 2 aromatic heterocycles. The van der Waals surface area contributed by atoms with Crippen molar-refractivity contribution in [2.24, 2.45) is 0 Å². The average molecular weight is 387 g/mol. The van der Waals surface area contributed by atoms with Crippen molar-refractivity contribution in [1.82, 2.24) is 19.5 Å². The molecule has 0 saturated carbocycles. The van der Waals surface area contributed by atoms with Crippen molar-refractivity contribution in [3.63, 3.8) is 0 Å². The molecule has 0 spiro atoms. The molecule has 3 N–H and O–H groups in total. The van der Waals surface area contributed by atoms with Crippen molar-refractivity contribution in [2.75, 3.05) is 12.3 Å². The fraction of sp³-hybridized carbons (Fsp3) is 0.333. The Morgan fingerprint density at radius 1 is 1.36 bits per heavy atom. The summed E-state index contributed by atoms with van der Waals surface area (Å²) in [5, 5.41) is 9.20. The van der Waals surface area contributed by atoms with Crippen molar-refractivity contribution >= 4 is 23.0 Å². The Morgan fingerprint density at radius 3 is 2.86 bits per heavy atom. The molecular formula is C18H18FN5O4. The van der Waals surface area contributed by atoms with Crippen LogP contribution in [-0.4, -0.2) is 49.5 Å². The Hall–Kier alpha value is -3.11. The van der Waals surface area contributed by atoms with Gasteiger partial charge in [0.2, 0.25) is 5.82 Å². The first kappa shape index (κ1) is 18.3. The normalized spacial score (nSPS) is 21.9. The van der Waals surface area contributed by atoms with Gasteiger partial charge in [0.15, 0.2) is 17.7 Å². The summed E-state index contributed by atoms with van der Waals surface area (Å²) in [5.74, 6) is -1.04. The van der Waals surface area contributed by atoms with Crippen LogP contribution in [-0.2, 0) is 16.1 Å². The summed E-state index contributed by atoms with van der Waals surface area (Å²) in [7, 11) is 0. The summed E-state index contributed by atoms with van der Waals surface area (Å²) >= 11 is 0. The lowest BCUT2D eigenvalue weighted by atomic mass is 10.2. The molecule has 0 radical (unpaired) electrons. The molecule has 1 saturated heterocycles. The largest absolute Gasteiger partial charge is 0.455 e. The topological polar surface area (TPSA) is 125 Å². The smallest absolute Gasteiger partial charge is 0.376 e. The molecule has 1 fully saturated rings. The van der Waals surface area contributed by atoms with E-state index in [9.17, 15) is 14.3 Å². The fourth-order valence-electron chi connectivity index (χ4n) is 3.07. The molecule has 10 heteroatoms. The molecule has 3 atom stereocenters. The first-order valence-corrected chi connectivity index (χ1v) is 8.68. The first-order valence-electron chi connectivity index (χ1n) is 8.68. The SMILES string of the molecule is Nc1nc(C(=O)OCc2ccccc2)nc2c1ncn2[C@@H]1O[C@H](CO)C[C@@H]1F. The molecule has 1 aromatic carbocycles. The van der Waals surface area contributed by atoms with E-state index in [0.29, 0.717) is 0 Å². The highest BCUT2D eigenvalue weighted by Gasteiger charge is 2.37. The van der Waals surface area contributed by atoms with Crippen molar-refractivity contribution in [1.29, 1.82) is 0 Å². The standard InChI is InChI=1S/C18H18FN5O4/c19-12-6-11(7-25)28-17(12)24-9-21-13-14(20)22-15(23-16(13)24)18(26)27-8-10-4-2-1-3-5-10/h1-5,9,11-12,17,25H,6-8H2,(H2,20,22,23)/t11-,12-,17+/m0/s1. The number of hydrogen-bond donors (Lipinski definition) is 2. The Morgan fingerprint density at radius 2 is 2.14 bits per heavy atom. The molecule has 1 aliphatic rings. The molecule has 4 rings (SSSR count). The number of aromatic nitrogens is 4. The second-order valence-electron chi connectivity index (χ2n) is 6.40. The van der Waals surface area contributed by atoms with Crippen LogP contribution in [0.3, 0.4) is 0 Å². The minimum absolute atomic E-state index is 0.0254. The number of halogens is 1. The number of imidazole rings is 1. The molecule has 0 amide bonds. The van der Waals surface area contributed by atoms with Crippen LogP contribution in [0.15, 0.2) is 36.7 Å². The maximum absolute atomic E-state index is 14.3. The zero-order valence-electron chi connectivity index (χ0n) is 14.7. The van der Waals surface area contributed by atoms with E-state index in [-0.39, 0.29) is 42.4 Å². The number of aliphatic hydroxyl groups excluding tert-OH is 1. The number of esters is 1. The Kier molecular flexibility index (Phi) is 4.88. The first-order chi connectivity index (χ1) is 13.6. The van der Waals surface area contributed by atoms with Crippen LogP contribution in [0.5, 0.6) is 0 Å². The van der Waals surface area contributed by atoms with Gasteiger partial charge in [0.1, 0.15) is 18.3 Å². The maximum Gasteiger partial charge on any atom is 0.376 e. The number of hydrogen-bond acceptors (Lipinski definition) is 8. The summed E-state index contributed by atoms with van der Waals surface area (Å²) in [6, 6.07) is 9.15. The van der Waals surface area contributed by atoms with Crippen LogP contribution in [0.1, 0.15) is 28.8 Å². The molecule has 28 heavy (non-hydrogen) atoms. The Balaban J connectivity index is 1.61. The number of ether oxygens (including phenoxy) is 2. The molecule has 0 bridgehead atoms. The van der Waals surface area contributed by atoms with Gasteiger partial charge in [-0.2, -0.15) is 0 Å². The van der Waals surface area contributed by atoms with Crippen LogP contribution in [0.2, 0.25) is 0 Å². The third-order valence-electron chi connectivity index (χ3n) is 4.45. The van der Waals surface area contributed by atoms with Crippen molar-refractivity contribution < 1.29 is 23.8 Å². The van der Waals surface area contributed by atoms with Gasteiger partial charge in [0.25, 0.3) is 0 Å². The number of carbonyl (C=O) groups excluding carboxylic acids is 1. The van der Waals surface area contributed by atoms with Gasteiger partial charge < -0.3 is 20.3 Å². The highest BCUT2D eigenvalue weighted by Crippen LogP contribution is 2.33. The van der Waals surface area contributed by atoms with Gasteiger partial charge in [-0.15, -0.1) is 0 Å². The van der Waals surface area contributed by atoms with Gasteiger partial charge in [-0.05, 0) is 5.56 Å². The van der Waals surface area contributed by atoms with Gasteiger partial charge in [-0.1, -0.05) is 30.3 Å². The number of anilines is 1. The number of aliphatic hydroxyl groups is 1. The highest BCUT2D eigenvalue weighted by molar-refractivity contribution is 5.90. The summed E-state index contributed by atoms with van der Waals surface area (Å²) in [4.78, 5) is 24.6. The lowest BCUT2D eigenvalue weighted by Crippen LogP contribution is -2.18. The predicted molar refractivity (Wildman–Crippen MR) is 95.8 cm³/mol. The van der Waals surface area contributed by atoms with Crippen molar-refractivity contribution in [3.05, 3.63) is 48.0 Å². The van der Waals surface area contributed by atoms with Crippen molar-refractivity contribution in [3.8, 4) is 0 Å².